The number of nitro groups is 2. The first-order valence-corrected chi connectivity index (χ1v) is 5.95. The van der Waals surface area contributed by atoms with Crippen molar-refractivity contribution >= 4 is 23.0 Å². The predicted molar refractivity (Wildman–Crippen MR) is 68.0 cm³/mol. The first-order valence-electron chi connectivity index (χ1n) is 5.51. The molecule has 0 saturated carbocycles. The van der Waals surface area contributed by atoms with Gasteiger partial charge in [0.15, 0.2) is 0 Å². The van der Waals surface area contributed by atoms with Gasteiger partial charge in [0.1, 0.15) is 0 Å². The Bertz CT molecular complexity index is 464. The summed E-state index contributed by atoms with van der Waals surface area (Å²) in [6.07, 6.45) is 1.97. The Balaban J connectivity index is 3.04. The number of hydrogen-bond acceptors (Lipinski definition) is 4. The lowest BCUT2D eigenvalue weighted by atomic mass is 10.0. The molecule has 1 aromatic rings. The standard InChI is InChI=1S/C11H13ClN2O4/c1-2-3-9(12)6-8-4-5-10(13(15)16)7-11(8)14(17)18/h4-5,7,9H,2-3,6H2,1H3. The van der Waals surface area contributed by atoms with E-state index in [0.717, 1.165) is 18.9 Å². The maximum atomic E-state index is 10.9. The molecule has 0 spiro atoms. The number of non-ortho nitro benzene ring substituents is 1. The third-order valence-corrected chi connectivity index (χ3v) is 2.89. The number of benzene rings is 1. The summed E-state index contributed by atoms with van der Waals surface area (Å²) in [5.74, 6) is 0. The van der Waals surface area contributed by atoms with Gasteiger partial charge < -0.3 is 0 Å². The number of nitro benzene ring substituents is 2. The number of hydrogen-bond donors (Lipinski definition) is 0. The normalized spacial score (nSPS) is 12.1. The van der Waals surface area contributed by atoms with E-state index >= 15 is 0 Å². The van der Waals surface area contributed by atoms with Gasteiger partial charge in [0.2, 0.25) is 0 Å². The highest BCUT2D eigenvalue weighted by atomic mass is 35.5. The number of alkyl halides is 1. The van der Waals surface area contributed by atoms with E-state index in [9.17, 15) is 20.2 Å². The summed E-state index contributed by atoms with van der Waals surface area (Å²) >= 11 is 6.04. The molecular formula is C11H13ClN2O4. The molecule has 0 aliphatic heterocycles. The molecule has 1 rings (SSSR count). The van der Waals surface area contributed by atoms with Crippen LogP contribution in [0.25, 0.3) is 0 Å². The van der Waals surface area contributed by atoms with Crippen LogP contribution in [-0.2, 0) is 6.42 Å². The molecule has 0 heterocycles. The Hall–Kier alpha value is -1.69. The van der Waals surface area contributed by atoms with E-state index < -0.39 is 9.85 Å². The first-order chi connectivity index (χ1) is 8.45. The van der Waals surface area contributed by atoms with Crippen LogP contribution in [0.15, 0.2) is 18.2 Å². The molecule has 1 unspecified atom stereocenters. The average Bonchev–Trinajstić information content (AvgIpc) is 2.29. The SMILES string of the molecule is CCCC(Cl)Cc1ccc([N+](=O)[O-])cc1[N+](=O)[O-]. The van der Waals surface area contributed by atoms with Gasteiger partial charge in [0, 0.05) is 17.0 Å². The number of halogens is 1. The summed E-state index contributed by atoms with van der Waals surface area (Å²) in [6.45, 7) is 1.97. The van der Waals surface area contributed by atoms with E-state index in [1.165, 1.54) is 12.1 Å². The van der Waals surface area contributed by atoms with E-state index in [1.807, 2.05) is 6.92 Å². The molecule has 0 radical (unpaired) electrons. The van der Waals surface area contributed by atoms with Gasteiger partial charge in [0.05, 0.1) is 15.9 Å². The molecule has 0 amide bonds. The topological polar surface area (TPSA) is 86.3 Å². The van der Waals surface area contributed by atoms with Crippen LogP contribution >= 0.6 is 11.6 Å². The summed E-state index contributed by atoms with van der Waals surface area (Å²) in [5.41, 5.74) is -0.0999. The fourth-order valence-corrected chi connectivity index (χ4v) is 2.05. The van der Waals surface area contributed by atoms with Crippen LogP contribution < -0.4 is 0 Å². The molecule has 1 atom stereocenters. The predicted octanol–water partition coefficient (Wildman–Crippen LogP) is 3.45. The molecule has 0 bridgehead atoms. The molecule has 0 aliphatic carbocycles. The molecule has 0 saturated heterocycles. The second-order valence-corrected chi connectivity index (χ2v) is 4.53. The van der Waals surface area contributed by atoms with Gasteiger partial charge in [-0.3, -0.25) is 20.2 Å². The third kappa shape index (κ3) is 3.66. The molecule has 18 heavy (non-hydrogen) atoms. The van der Waals surface area contributed by atoms with Crippen LogP contribution in [0.3, 0.4) is 0 Å². The van der Waals surface area contributed by atoms with Crippen LogP contribution in [0.2, 0.25) is 0 Å². The van der Waals surface area contributed by atoms with Crippen LogP contribution in [0.5, 0.6) is 0 Å². The first kappa shape index (κ1) is 14.4. The van der Waals surface area contributed by atoms with Gasteiger partial charge in [-0.1, -0.05) is 13.3 Å². The average molecular weight is 273 g/mol. The van der Waals surface area contributed by atoms with Crippen molar-refractivity contribution in [2.24, 2.45) is 0 Å². The maximum absolute atomic E-state index is 10.9. The van der Waals surface area contributed by atoms with E-state index in [0.29, 0.717) is 12.0 Å². The Morgan fingerprint density at radius 2 is 1.94 bits per heavy atom. The van der Waals surface area contributed by atoms with Crippen molar-refractivity contribution in [2.45, 2.75) is 31.6 Å². The molecular weight excluding hydrogens is 260 g/mol. The van der Waals surface area contributed by atoms with E-state index in [4.69, 9.17) is 11.6 Å². The smallest absolute Gasteiger partial charge is 0.258 e. The minimum Gasteiger partial charge on any atom is -0.258 e. The molecule has 0 N–H and O–H groups in total. The van der Waals surface area contributed by atoms with E-state index in [2.05, 4.69) is 0 Å². The molecule has 98 valence electrons. The number of nitrogens with zero attached hydrogens (tertiary/aromatic N) is 2. The third-order valence-electron chi connectivity index (χ3n) is 2.52. The summed E-state index contributed by atoms with van der Waals surface area (Å²) in [4.78, 5) is 20.2. The highest BCUT2D eigenvalue weighted by molar-refractivity contribution is 6.20. The maximum Gasteiger partial charge on any atom is 0.279 e. The molecule has 0 fully saturated rings. The van der Waals surface area contributed by atoms with E-state index in [1.54, 1.807) is 0 Å². The lowest BCUT2D eigenvalue weighted by Crippen LogP contribution is -2.06. The van der Waals surface area contributed by atoms with Gasteiger partial charge in [0.25, 0.3) is 11.4 Å². The highest BCUT2D eigenvalue weighted by Crippen LogP contribution is 2.27. The fraction of sp³-hybridized carbons (Fsp3) is 0.455. The van der Waals surface area contributed by atoms with Crippen molar-refractivity contribution in [3.8, 4) is 0 Å². The van der Waals surface area contributed by atoms with Crippen molar-refractivity contribution in [3.05, 3.63) is 44.0 Å². The quantitative estimate of drug-likeness (QED) is 0.451. The lowest BCUT2D eigenvalue weighted by Gasteiger charge is -2.08. The summed E-state index contributed by atoms with van der Waals surface area (Å²) in [5, 5.41) is 21.2. The Morgan fingerprint density at radius 1 is 1.28 bits per heavy atom. The van der Waals surface area contributed by atoms with Gasteiger partial charge in [-0.05, 0) is 18.9 Å². The van der Waals surface area contributed by atoms with Crippen molar-refractivity contribution in [3.63, 3.8) is 0 Å². The van der Waals surface area contributed by atoms with Crippen LogP contribution in [0.4, 0.5) is 11.4 Å². The lowest BCUT2D eigenvalue weighted by molar-refractivity contribution is -0.394. The van der Waals surface area contributed by atoms with Crippen LogP contribution in [-0.4, -0.2) is 15.2 Å². The molecule has 1 aromatic carbocycles. The molecule has 6 nitrogen and oxygen atoms in total. The zero-order valence-corrected chi connectivity index (χ0v) is 10.6. The minimum absolute atomic E-state index is 0.199. The van der Waals surface area contributed by atoms with Gasteiger partial charge in [-0.15, -0.1) is 11.6 Å². The zero-order valence-electron chi connectivity index (χ0n) is 9.84. The number of rotatable bonds is 6. The molecule has 7 heteroatoms. The summed E-state index contributed by atoms with van der Waals surface area (Å²) in [6, 6.07) is 3.64. The molecule has 0 aromatic heterocycles. The molecule has 0 aliphatic rings. The highest BCUT2D eigenvalue weighted by Gasteiger charge is 2.20. The monoisotopic (exact) mass is 272 g/mol. The Labute approximate surface area is 109 Å². The van der Waals surface area contributed by atoms with Gasteiger partial charge >= 0.3 is 0 Å². The van der Waals surface area contributed by atoms with Crippen molar-refractivity contribution in [2.75, 3.05) is 0 Å². The second kappa shape index (κ2) is 6.30. The largest absolute Gasteiger partial charge is 0.279 e. The van der Waals surface area contributed by atoms with Crippen molar-refractivity contribution < 1.29 is 9.85 Å². The van der Waals surface area contributed by atoms with Gasteiger partial charge in [-0.2, -0.15) is 0 Å². The summed E-state index contributed by atoms with van der Waals surface area (Å²) < 4.78 is 0. The van der Waals surface area contributed by atoms with Crippen LogP contribution in [0.1, 0.15) is 25.3 Å². The van der Waals surface area contributed by atoms with Crippen molar-refractivity contribution in [1.82, 2.24) is 0 Å². The van der Waals surface area contributed by atoms with Crippen LogP contribution in [0, 0.1) is 20.2 Å². The van der Waals surface area contributed by atoms with E-state index in [-0.39, 0.29) is 16.8 Å². The Kier molecular flexibility index (Phi) is 5.03. The second-order valence-electron chi connectivity index (χ2n) is 3.92. The fourth-order valence-electron chi connectivity index (χ4n) is 1.66. The minimum atomic E-state index is -0.652. The summed E-state index contributed by atoms with van der Waals surface area (Å²) in [7, 11) is 0. The zero-order chi connectivity index (χ0) is 13.7. The van der Waals surface area contributed by atoms with Crippen molar-refractivity contribution in [1.29, 1.82) is 0 Å². The van der Waals surface area contributed by atoms with Gasteiger partial charge in [-0.25, -0.2) is 0 Å². The Morgan fingerprint density at radius 3 is 2.44 bits per heavy atom.